The number of hydrogen-bond acceptors (Lipinski definition) is 8. The van der Waals surface area contributed by atoms with Crippen molar-refractivity contribution in [3.8, 4) is 6.07 Å². The monoisotopic (exact) mass is 581 g/mol. The summed E-state index contributed by atoms with van der Waals surface area (Å²) in [6, 6.07) is 2.95. The van der Waals surface area contributed by atoms with Crippen molar-refractivity contribution in [2.75, 3.05) is 33.9 Å². The van der Waals surface area contributed by atoms with Crippen LogP contribution in [0.2, 0.25) is 0 Å². The smallest absolute Gasteiger partial charge is 0.228 e. The molecule has 2 saturated carbocycles. The van der Waals surface area contributed by atoms with Crippen LogP contribution in [0, 0.1) is 40.9 Å². The fourth-order valence-corrected chi connectivity index (χ4v) is 9.47. The number of methoxy groups -OCH3 is 2. The molecule has 0 spiro atoms. The first-order chi connectivity index (χ1) is 18.8. The number of nitriles is 1. The maximum Gasteiger partial charge on any atom is 0.228 e. The lowest BCUT2D eigenvalue weighted by molar-refractivity contribution is -0.141. The lowest BCUT2D eigenvalue weighted by Crippen LogP contribution is -2.55. The second-order valence-electron chi connectivity index (χ2n) is 12.3. The highest BCUT2D eigenvalue weighted by Gasteiger charge is 2.48. The van der Waals surface area contributed by atoms with Gasteiger partial charge in [0, 0.05) is 62.5 Å². The minimum atomic E-state index is -0.167. The number of piperidine rings is 1. The van der Waals surface area contributed by atoms with E-state index in [9.17, 15) is 14.9 Å². The van der Waals surface area contributed by atoms with E-state index in [1.165, 1.54) is 0 Å². The second kappa shape index (κ2) is 12.8. The van der Waals surface area contributed by atoms with Gasteiger partial charge in [-0.2, -0.15) is 5.26 Å². The predicted octanol–water partition coefficient (Wildman–Crippen LogP) is 2.29. The molecule has 2 amide bonds. The van der Waals surface area contributed by atoms with Crippen molar-refractivity contribution < 1.29 is 19.1 Å². The lowest BCUT2D eigenvalue weighted by atomic mass is 9.66. The minimum absolute atomic E-state index is 0.0385. The molecule has 5 rings (SSSR count). The van der Waals surface area contributed by atoms with Crippen LogP contribution in [0.1, 0.15) is 51.9 Å². The molecule has 0 aromatic heterocycles. The van der Waals surface area contributed by atoms with E-state index >= 15 is 0 Å². The molecule has 2 aliphatic carbocycles. The van der Waals surface area contributed by atoms with Crippen LogP contribution in [-0.2, 0) is 19.1 Å². The Kier molecular flexibility index (Phi) is 9.67. The molecule has 3 saturated heterocycles. The number of halogens is 1. The van der Waals surface area contributed by atoms with Gasteiger partial charge in [0.25, 0.3) is 0 Å². The Morgan fingerprint density at radius 2 is 1.82 bits per heavy atom. The molecular weight excluding hydrogens is 538 g/mol. The number of fused-ring (bicyclic) bond motifs is 1. The summed E-state index contributed by atoms with van der Waals surface area (Å²) in [5, 5.41) is 20.3. The molecule has 12 unspecified atom stereocenters. The molecule has 5 fully saturated rings. The van der Waals surface area contributed by atoms with Crippen LogP contribution in [0.25, 0.3) is 0 Å². The van der Waals surface area contributed by atoms with E-state index in [-0.39, 0.29) is 75.8 Å². The molecule has 12 atom stereocenters. The van der Waals surface area contributed by atoms with Crippen molar-refractivity contribution in [3.05, 3.63) is 0 Å². The summed E-state index contributed by atoms with van der Waals surface area (Å²) in [5.74, 6) is 0.372. The van der Waals surface area contributed by atoms with E-state index in [0.29, 0.717) is 25.7 Å². The minimum Gasteiger partial charge on any atom is -0.381 e. The summed E-state index contributed by atoms with van der Waals surface area (Å²) in [5.41, 5.74) is -0.167. The molecule has 3 heterocycles. The van der Waals surface area contributed by atoms with Crippen molar-refractivity contribution in [1.82, 2.24) is 20.9 Å². The van der Waals surface area contributed by atoms with E-state index in [1.54, 1.807) is 26.0 Å². The summed E-state index contributed by atoms with van der Waals surface area (Å²) >= 11 is 8.04. The first kappa shape index (κ1) is 29.4. The number of nitrogens with one attached hydrogen (secondary N) is 3. The van der Waals surface area contributed by atoms with Gasteiger partial charge in [-0.15, -0.1) is 23.4 Å². The summed E-state index contributed by atoms with van der Waals surface area (Å²) in [4.78, 5) is 29.0. The highest BCUT2D eigenvalue weighted by Crippen LogP contribution is 2.42. The van der Waals surface area contributed by atoms with Gasteiger partial charge in [0.1, 0.15) is 5.50 Å². The number of hydrogen-bond donors (Lipinski definition) is 3. The van der Waals surface area contributed by atoms with Crippen molar-refractivity contribution in [1.29, 1.82) is 5.26 Å². The zero-order valence-corrected chi connectivity index (χ0v) is 24.9. The highest BCUT2D eigenvalue weighted by atomic mass is 35.5. The second-order valence-corrected chi connectivity index (χ2v) is 14.2. The number of alkyl halides is 1. The van der Waals surface area contributed by atoms with Crippen molar-refractivity contribution in [3.63, 3.8) is 0 Å². The molecular formula is C28H44ClN5O4S. The predicted molar refractivity (Wildman–Crippen MR) is 151 cm³/mol. The average Bonchev–Trinajstić information content (AvgIpc) is 3.51. The molecule has 3 N–H and O–H groups in total. The molecule has 39 heavy (non-hydrogen) atoms. The van der Waals surface area contributed by atoms with E-state index in [1.807, 2.05) is 4.90 Å². The molecule has 9 nitrogen and oxygen atoms in total. The van der Waals surface area contributed by atoms with Crippen molar-refractivity contribution >= 4 is 35.2 Å². The first-order valence-electron chi connectivity index (χ1n) is 14.6. The zero-order valence-electron chi connectivity index (χ0n) is 23.3. The summed E-state index contributed by atoms with van der Waals surface area (Å²) in [6.45, 7) is 4.15. The van der Waals surface area contributed by atoms with Gasteiger partial charge in [0.05, 0.1) is 30.1 Å². The third-order valence-electron chi connectivity index (χ3n) is 9.91. The van der Waals surface area contributed by atoms with Crippen LogP contribution in [0.3, 0.4) is 0 Å². The Balaban J connectivity index is 1.17. The van der Waals surface area contributed by atoms with Crippen LogP contribution in [0.15, 0.2) is 0 Å². The number of carbonyl (C=O) groups is 2. The van der Waals surface area contributed by atoms with Gasteiger partial charge >= 0.3 is 0 Å². The standard InChI is InChI=1S/C28H44ClN5O4S/c1-15-8-19(20-9-16(11-30)4-7-23(20)37-2)21(12-31-15)26(35)33-28-32-22-13-34(14-25(22)39-28)27(36)18-6-5-17(29)10-24(18)38-3/h15-25,28,31-32H,4-10,12-14H2,1-3H3,(H,33,35). The molecule has 218 valence electrons. The molecule has 11 heteroatoms. The first-order valence-corrected chi connectivity index (χ1v) is 16.0. The Morgan fingerprint density at radius 3 is 2.54 bits per heavy atom. The number of likely N-dealkylation sites (tertiary alicyclic amines) is 1. The van der Waals surface area contributed by atoms with Gasteiger partial charge < -0.3 is 25.0 Å². The molecule has 0 bridgehead atoms. The molecule has 0 aromatic carbocycles. The Morgan fingerprint density at radius 1 is 1.03 bits per heavy atom. The molecule has 3 aliphatic heterocycles. The number of thioether (sulfide) groups is 1. The van der Waals surface area contributed by atoms with E-state index in [4.69, 9.17) is 21.1 Å². The number of ether oxygens (including phenoxy) is 2. The fraction of sp³-hybridized carbons (Fsp3) is 0.893. The normalized spacial score (nSPS) is 44.4. The molecule has 0 radical (unpaired) electrons. The number of carbonyl (C=O) groups excluding carboxylic acids is 2. The quantitative estimate of drug-likeness (QED) is 0.409. The van der Waals surface area contributed by atoms with E-state index < -0.39 is 0 Å². The summed E-state index contributed by atoms with van der Waals surface area (Å²) < 4.78 is 11.5. The number of rotatable bonds is 6. The average molecular weight is 582 g/mol. The number of nitrogens with zero attached hydrogens (tertiary/aromatic N) is 2. The van der Waals surface area contributed by atoms with E-state index in [0.717, 1.165) is 44.9 Å². The highest BCUT2D eigenvalue weighted by molar-refractivity contribution is 8.00. The SMILES string of the molecule is COC1CC(Cl)CCC1C(=O)N1CC2NC(NC(=O)C3CNC(C)CC3C3CC(C#N)CCC3OC)SC2C1. The summed E-state index contributed by atoms with van der Waals surface area (Å²) in [6.07, 6.45) is 5.77. The van der Waals surface area contributed by atoms with Gasteiger partial charge in [-0.05, 0) is 63.7 Å². The lowest BCUT2D eigenvalue weighted by Gasteiger charge is -2.44. The number of amides is 2. The van der Waals surface area contributed by atoms with Gasteiger partial charge in [-0.3, -0.25) is 14.9 Å². The third-order valence-corrected chi connectivity index (χ3v) is 11.7. The van der Waals surface area contributed by atoms with Crippen molar-refractivity contribution in [2.24, 2.45) is 29.6 Å². The fourth-order valence-electron chi connectivity index (χ4n) is 7.76. The Hall–Kier alpha value is -1.09. The summed E-state index contributed by atoms with van der Waals surface area (Å²) in [7, 11) is 3.43. The van der Waals surface area contributed by atoms with Crippen LogP contribution in [0.5, 0.6) is 0 Å². The van der Waals surface area contributed by atoms with Gasteiger partial charge in [0.15, 0.2) is 0 Å². The largest absolute Gasteiger partial charge is 0.381 e. The van der Waals surface area contributed by atoms with Crippen LogP contribution >= 0.6 is 23.4 Å². The molecule has 0 aromatic rings. The Bertz CT molecular complexity index is 924. The maximum atomic E-state index is 13.7. The van der Waals surface area contributed by atoms with Gasteiger partial charge in [-0.1, -0.05) is 0 Å². The van der Waals surface area contributed by atoms with Gasteiger partial charge in [-0.25, -0.2) is 0 Å². The van der Waals surface area contributed by atoms with Gasteiger partial charge in [0.2, 0.25) is 11.8 Å². The van der Waals surface area contributed by atoms with Crippen molar-refractivity contribution in [2.45, 2.75) is 92.3 Å². The van der Waals surface area contributed by atoms with Crippen LogP contribution in [0.4, 0.5) is 0 Å². The zero-order chi connectivity index (χ0) is 27.7. The van der Waals surface area contributed by atoms with E-state index in [2.05, 4.69) is 28.9 Å². The third kappa shape index (κ3) is 6.39. The maximum absolute atomic E-state index is 13.7. The van der Waals surface area contributed by atoms with Crippen LogP contribution < -0.4 is 16.0 Å². The van der Waals surface area contributed by atoms with Crippen LogP contribution in [-0.4, -0.2) is 91.0 Å². The Labute approximate surface area is 241 Å². The molecule has 5 aliphatic rings. The topological polar surface area (TPSA) is 116 Å².